The van der Waals surface area contributed by atoms with Crippen molar-refractivity contribution in [1.82, 2.24) is 20.2 Å². The molecule has 1 aliphatic heterocycles. The molecule has 0 radical (unpaired) electrons. The Balaban J connectivity index is 1.45. The predicted octanol–water partition coefficient (Wildman–Crippen LogP) is 0.265. The first-order valence-electron chi connectivity index (χ1n) is 7.33. The molecule has 0 saturated carbocycles. The smallest absolute Gasteiger partial charge is 0.237 e. The number of aromatic nitrogens is 2. The molecule has 2 aromatic rings. The standard InChI is InChI=1S/C15H20N4O2/c20-11-8-13(17-9-11)15(21)16-6-3-7-19-10-18-12-4-1-2-5-14(12)19/h1-2,4-5,10-11,13,17,20H,3,6-9H2,(H,16,21). The van der Waals surface area contributed by atoms with Gasteiger partial charge in [0.1, 0.15) is 0 Å². The number of nitrogens with zero attached hydrogens (tertiary/aromatic N) is 2. The number of benzene rings is 1. The molecular weight excluding hydrogens is 268 g/mol. The highest BCUT2D eigenvalue weighted by atomic mass is 16.3. The van der Waals surface area contributed by atoms with Crippen LogP contribution in [0.2, 0.25) is 0 Å². The predicted molar refractivity (Wildman–Crippen MR) is 79.8 cm³/mol. The topological polar surface area (TPSA) is 79.2 Å². The van der Waals surface area contributed by atoms with E-state index in [2.05, 4.69) is 20.2 Å². The Kier molecular flexibility index (Phi) is 4.17. The average molecular weight is 288 g/mol. The number of para-hydroxylation sites is 2. The van der Waals surface area contributed by atoms with E-state index in [1.54, 1.807) is 0 Å². The molecule has 1 aromatic heterocycles. The highest BCUT2D eigenvalue weighted by Gasteiger charge is 2.27. The van der Waals surface area contributed by atoms with E-state index in [0.717, 1.165) is 24.0 Å². The quantitative estimate of drug-likeness (QED) is 0.690. The van der Waals surface area contributed by atoms with Crippen LogP contribution in [0.1, 0.15) is 12.8 Å². The number of carbonyl (C=O) groups excluding carboxylic acids is 1. The minimum Gasteiger partial charge on any atom is -0.392 e. The van der Waals surface area contributed by atoms with E-state index in [0.29, 0.717) is 19.5 Å². The summed E-state index contributed by atoms with van der Waals surface area (Å²) in [7, 11) is 0. The molecule has 1 saturated heterocycles. The Morgan fingerprint density at radius 3 is 3.14 bits per heavy atom. The van der Waals surface area contributed by atoms with Crippen molar-refractivity contribution in [2.75, 3.05) is 13.1 Å². The Hall–Kier alpha value is -1.92. The second kappa shape index (κ2) is 6.24. The van der Waals surface area contributed by atoms with E-state index in [-0.39, 0.29) is 11.9 Å². The maximum Gasteiger partial charge on any atom is 0.237 e. The molecule has 1 aromatic carbocycles. The lowest BCUT2D eigenvalue weighted by Gasteiger charge is -2.11. The maximum atomic E-state index is 11.9. The number of hydrogen-bond donors (Lipinski definition) is 3. The molecule has 1 amide bonds. The number of imidazole rings is 1. The zero-order valence-corrected chi connectivity index (χ0v) is 11.8. The van der Waals surface area contributed by atoms with Crippen molar-refractivity contribution in [2.24, 2.45) is 0 Å². The number of nitrogens with one attached hydrogen (secondary N) is 2. The van der Waals surface area contributed by atoms with E-state index in [1.807, 2.05) is 30.6 Å². The lowest BCUT2D eigenvalue weighted by Crippen LogP contribution is -2.40. The minimum absolute atomic E-state index is 0.0259. The number of hydrogen-bond acceptors (Lipinski definition) is 4. The van der Waals surface area contributed by atoms with E-state index in [9.17, 15) is 9.90 Å². The summed E-state index contributed by atoms with van der Waals surface area (Å²) in [6.07, 6.45) is 2.78. The van der Waals surface area contributed by atoms with Gasteiger partial charge in [-0.1, -0.05) is 12.1 Å². The molecule has 2 heterocycles. The summed E-state index contributed by atoms with van der Waals surface area (Å²) in [6, 6.07) is 7.76. The molecule has 3 rings (SSSR count). The number of amides is 1. The van der Waals surface area contributed by atoms with Gasteiger partial charge in [0.25, 0.3) is 0 Å². The molecule has 0 bridgehead atoms. The first kappa shape index (κ1) is 14.0. The summed E-state index contributed by atoms with van der Waals surface area (Å²) in [6.45, 7) is 1.94. The van der Waals surface area contributed by atoms with Crippen LogP contribution in [0, 0.1) is 0 Å². The van der Waals surface area contributed by atoms with Crippen LogP contribution in [0.4, 0.5) is 0 Å². The van der Waals surface area contributed by atoms with Gasteiger partial charge in [-0.15, -0.1) is 0 Å². The molecule has 6 nitrogen and oxygen atoms in total. The van der Waals surface area contributed by atoms with Crippen molar-refractivity contribution in [3.8, 4) is 0 Å². The third-order valence-electron chi connectivity index (χ3n) is 3.83. The van der Waals surface area contributed by atoms with Crippen molar-refractivity contribution in [2.45, 2.75) is 31.5 Å². The van der Waals surface area contributed by atoms with Gasteiger partial charge in [-0.2, -0.15) is 0 Å². The molecule has 0 aliphatic carbocycles. The molecule has 2 atom stereocenters. The molecule has 3 N–H and O–H groups in total. The lowest BCUT2D eigenvalue weighted by atomic mass is 10.2. The maximum absolute atomic E-state index is 11.9. The molecule has 1 fully saturated rings. The van der Waals surface area contributed by atoms with Crippen LogP contribution < -0.4 is 10.6 Å². The highest BCUT2D eigenvalue weighted by Crippen LogP contribution is 2.12. The Morgan fingerprint density at radius 1 is 1.48 bits per heavy atom. The van der Waals surface area contributed by atoms with Crippen LogP contribution in [0.15, 0.2) is 30.6 Å². The van der Waals surface area contributed by atoms with Crippen LogP contribution in [0.3, 0.4) is 0 Å². The van der Waals surface area contributed by atoms with E-state index < -0.39 is 6.10 Å². The zero-order chi connectivity index (χ0) is 14.7. The van der Waals surface area contributed by atoms with Crippen LogP contribution in [0.25, 0.3) is 11.0 Å². The van der Waals surface area contributed by atoms with Gasteiger partial charge in [0.2, 0.25) is 5.91 Å². The van der Waals surface area contributed by atoms with E-state index in [1.165, 1.54) is 0 Å². The van der Waals surface area contributed by atoms with Crippen molar-refractivity contribution in [1.29, 1.82) is 0 Å². The van der Waals surface area contributed by atoms with Gasteiger partial charge >= 0.3 is 0 Å². The number of carbonyl (C=O) groups is 1. The lowest BCUT2D eigenvalue weighted by molar-refractivity contribution is -0.122. The van der Waals surface area contributed by atoms with Gasteiger partial charge < -0.3 is 20.3 Å². The molecule has 2 unspecified atom stereocenters. The van der Waals surface area contributed by atoms with Gasteiger partial charge in [-0.3, -0.25) is 4.79 Å². The van der Waals surface area contributed by atoms with Crippen LogP contribution in [-0.2, 0) is 11.3 Å². The summed E-state index contributed by atoms with van der Waals surface area (Å²) < 4.78 is 2.10. The Labute approximate surface area is 123 Å². The SMILES string of the molecule is O=C(NCCCn1cnc2ccccc21)C1CC(O)CN1. The Morgan fingerprint density at radius 2 is 2.33 bits per heavy atom. The molecule has 112 valence electrons. The minimum atomic E-state index is -0.405. The number of aliphatic hydroxyl groups excluding tert-OH is 1. The largest absolute Gasteiger partial charge is 0.392 e. The first-order chi connectivity index (χ1) is 10.2. The van der Waals surface area contributed by atoms with Crippen molar-refractivity contribution in [3.63, 3.8) is 0 Å². The number of aryl methyl sites for hydroxylation is 1. The number of rotatable bonds is 5. The van der Waals surface area contributed by atoms with Gasteiger partial charge in [0.05, 0.1) is 29.5 Å². The first-order valence-corrected chi connectivity index (χ1v) is 7.33. The van der Waals surface area contributed by atoms with Gasteiger partial charge in [0.15, 0.2) is 0 Å². The number of fused-ring (bicyclic) bond motifs is 1. The number of aliphatic hydroxyl groups is 1. The molecule has 0 spiro atoms. The third kappa shape index (κ3) is 3.22. The normalized spacial score (nSPS) is 21.8. The molecular formula is C15H20N4O2. The fourth-order valence-corrected chi connectivity index (χ4v) is 2.69. The van der Waals surface area contributed by atoms with Gasteiger partial charge in [-0.05, 0) is 25.0 Å². The van der Waals surface area contributed by atoms with Crippen molar-refractivity contribution < 1.29 is 9.90 Å². The molecule has 21 heavy (non-hydrogen) atoms. The fraction of sp³-hybridized carbons (Fsp3) is 0.467. The summed E-state index contributed by atoms with van der Waals surface area (Å²) in [5.41, 5.74) is 2.11. The van der Waals surface area contributed by atoms with Crippen molar-refractivity contribution >= 4 is 16.9 Å². The fourth-order valence-electron chi connectivity index (χ4n) is 2.69. The summed E-state index contributed by atoms with van der Waals surface area (Å²) >= 11 is 0. The number of β-amino-alcohol motifs (C(OH)–C–C–N with tert-alkyl or cyclic N) is 1. The monoisotopic (exact) mass is 288 g/mol. The highest BCUT2D eigenvalue weighted by molar-refractivity contribution is 5.82. The van der Waals surface area contributed by atoms with E-state index >= 15 is 0 Å². The summed E-state index contributed by atoms with van der Waals surface area (Å²) in [5.74, 6) is -0.0259. The molecule has 6 heteroatoms. The second-order valence-corrected chi connectivity index (χ2v) is 5.42. The van der Waals surface area contributed by atoms with Gasteiger partial charge in [-0.25, -0.2) is 4.98 Å². The molecule has 1 aliphatic rings. The third-order valence-corrected chi connectivity index (χ3v) is 3.83. The second-order valence-electron chi connectivity index (χ2n) is 5.42. The van der Waals surface area contributed by atoms with E-state index in [4.69, 9.17) is 0 Å². The Bertz CT molecular complexity index is 625. The summed E-state index contributed by atoms with van der Waals surface area (Å²) in [4.78, 5) is 16.2. The zero-order valence-electron chi connectivity index (χ0n) is 11.8. The van der Waals surface area contributed by atoms with Crippen LogP contribution in [0.5, 0.6) is 0 Å². The average Bonchev–Trinajstić information content (AvgIpc) is 3.10. The van der Waals surface area contributed by atoms with Gasteiger partial charge in [0, 0.05) is 19.6 Å². The van der Waals surface area contributed by atoms with Crippen LogP contribution in [-0.4, -0.2) is 45.8 Å². The van der Waals surface area contributed by atoms with Crippen molar-refractivity contribution in [3.05, 3.63) is 30.6 Å². The van der Waals surface area contributed by atoms with Crippen LogP contribution >= 0.6 is 0 Å². The summed E-state index contributed by atoms with van der Waals surface area (Å²) in [5, 5.41) is 15.3.